The summed E-state index contributed by atoms with van der Waals surface area (Å²) >= 11 is 3.34. The fourth-order valence-corrected chi connectivity index (χ4v) is 1.90. The molecule has 1 saturated heterocycles. The van der Waals surface area contributed by atoms with Gasteiger partial charge in [0.15, 0.2) is 5.82 Å². The summed E-state index contributed by atoms with van der Waals surface area (Å²) in [6, 6.07) is 0. The average Bonchev–Trinajstić information content (AvgIpc) is 2.33. The van der Waals surface area contributed by atoms with Gasteiger partial charge < -0.3 is 14.9 Å². The van der Waals surface area contributed by atoms with Crippen LogP contribution in [0.2, 0.25) is 0 Å². The Bertz CT molecular complexity index is 357. The van der Waals surface area contributed by atoms with E-state index in [2.05, 4.69) is 31.3 Å². The zero-order chi connectivity index (χ0) is 11.4. The lowest BCUT2D eigenvalue weighted by Gasteiger charge is -2.23. The van der Waals surface area contributed by atoms with Gasteiger partial charge in [0.05, 0.1) is 13.2 Å². The van der Waals surface area contributed by atoms with Crippen LogP contribution >= 0.6 is 15.9 Å². The van der Waals surface area contributed by atoms with E-state index in [4.69, 9.17) is 15.3 Å². The molecule has 2 rings (SSSR count). The van der Waals surface area contributed by atoms with E-state index >= 15 is 0 Å². The van der Waals surface area contributed by atoms with E-state index in [1.807, 2.05) is 0 Å². The van der Waals surface area contributed by atoms with Crippen LogP contribution in [0.1, 0.15) is 12.8 Å². The summed E-state index contributed by atoms with van der Waals surface area (Å²) in [4.78, 5) is 8.02. The van der Waals surface area contributed by atoms with Gasteiger partial charge >= 0.3 is 0 Å². The molecular weight excluding hydrogens is 276 g/mol. The molecule has 2 heterocycles. The van der Waals surface area contributed by atoms with Crippen LogP contribution in [0.3, 0.4) is 0 Å². The van der Waals surface area contributed by atoms with E-state index < -0.39 is 0 Å². The quantitative estimate of drug-likeness (QED) is 0.640. The smallest absolute Gasteiger partial charge is 0.233 e. The highest BCUT2D eigenvalue weighted by atomic mass is 79.9. The standard InChI is InChI=1S/C9H13BrN4O2/c10-7-8(14-11)12-5-13-9(7)16-6-1-3-15-4-2-6/h5-6H,1-4,11H2,(H,12,13,14). The molecule has 0 aromatic carbocycles. The van der Waals surface area contributed by atoms with Crippen LogP contribution in [0.4, 0.5) is 5.82 Å². The van der Waals surface area contributed by atoms with Gasteiger partial charge in [0.2, 0.25) is 5.88 Å². The van der Waals surface area contributed by atoms with Crippen molar-refractivity contribution in [1.82, 2.24) is 9.97 Å². The Balaban J connectivity index is 2.08. The fraction of sp³-hybridized carbons (Fsp3) is 0.556. The number of nitrogens with one attached hydrogen (secondary N) is 1. The third kappa shape index (κ3) is 2.60. The van der Waals surface area contributed by atoms with Crippen LogP contribution in [-0.2, 0) is 4.74 Å². The zero-order valence-corrected chi connectivity index (χ0v) is 10.2. The van der Waals surface area contributed by atoms with E-state index in [0.29, 0.717) is 16.2 Å². The second kappa shape index (κ2) is 5.42. The fourth-order valence-electron chi connectivity index (χ4n) is 1.49. The SMILES string of the molecule is NNc1ncnc(OC2CCOCC2)c1Br. The molecule has 0 unspecified atom stereocenters. The third-order valence-corrected chi connectivity index (χ3v) is 3.06. The Morgan fingerprint density at radius 1 is 1.44 bits per heavy atom. The number of hydrazine groups is 1. The van der Waals surface area contributed by atoms with Crippen molar-refractivity contribution in [3.8, 4) is 5.88 Å². The number of hydrogen-bond acceptors (Lipinski definition) is 6. The number of anilines is 1. The predicted octanol–water partition coefficient (Wildman–Crippen LogP) is 1.08. The summed E-state index contributed by atoms with van der Waals surface area (Å²) in [6.45, 7) is 1.46. The lowest BCUT2D eigenvalue weighted by Crippen LogP contribution is -2.26. The van der Waals surface area contributed by atoms with Crippen molar-refractivity contribution in [2.24, 2.45) is 5.84 Å². The normalized spacial score (nSPS) is 17.1. The van der Waals surface area contributed by atoms with Crippen molar-refractivity contribution in [2.45, 2.75) is 18.9 Å². The van der Waals surface area contributed by atoms with Gasteiger partial charge in [-0.3, -0.25) is 0 Å². The molecule has 0 saturated carbocycles. The Kier molecular flexibility index (Phi) is 3.92. The maximum absolute atomic E-state index is 5.76. The first-order chi connectivity index (χ1) is 7.81. The average molecular weight is 289 g/mol. The summed E-state index contributed by atoms with van der Waals surface area (Å²) in [7, 11) is 0. The highest BCUT2D eigenvalue weighted by molar-refractivity contribution is 9.10. The van der Waals surface area contributed by atoms with Crippen molar-refractivity contribution in [3.63, 3.8) is 0 Å². The zero-order valence-electron chi connectivity index (χ0n) is 8.65. The molecular formula is C9H13BrN4O2. The predicted molar refractivity (Wildman–Crippen MR) is 62.0 cm³/mol. The summed E-state index contributed by atoms with van der Waals surface area (Å²) in [5.41, 5.74) is 2.47. The second-order valence-corrected chi connectivity index (χ2v) is 4.21. The first-order valence-corrected chi connectivity index (χ1v) is 5.82. The highest BCUT2D eigenvalue weighted by Crippen LogP contribution is 2.29. The minimum atomic E-state index is 0.144. The largest absolute Gasteiger partial charge is 0.473 e. The lowest BCUT2D eigenvalue weighted by molar-refractivity contribution is 0.0234. The monoisotopic (exact) mass is 288 g/mol. The number of rotatable bonds is 3. The maximum Gasteiger partial charge on any atom is 0.233 e. The Hall–Kier alpha value is -0.920. The van der Waals surface area contributed by atoms with Gasteiger partial charge in [-0.25, -0.2) is 15.8 Å². The number of aromatic nitrogens is 2. The molecule has 1 aromatic heterocycles. The van der Waals surface area contributed by atoms with Crippen LogP contribution in [0.15, 0.2) is 10.8 Å². The van der Waals surface area contributed by atoms with Crippen LogP contribution in [0, 0.1) is 0 Å². The lowest BCUT2D eigenvalue weighted by atomic mass is 10.2. The molecule has 1 fully saturated rings. The van der Waals surface area contributed by atoms with Gasteiger partial charge in [0.1, 0.15) is 16.9 Å². The van der Waals surface area contributed by atoms with Gasteiger partial charge in [-0.05, 0) is 15.9 Å². The van der Waals surface area contributed by atoms with Crippen molar-refractivity contribution >= 4 is 21.7 Å². The van der Waals surface area contributed by atoms with E-state index in [9.17, 15) is 0 Å². The molecule has 6 nitrogen and oxygen atoms in total. The molecule has 16 heavy (non-hydrogen) atoms. The molecule has 0 radical (unpaired) electrons. The maximum atomic E-state index is 5.76. The summed E-state index contributed by atoms with van der Waals surface area (Å²) in [5, 5.41) is 0. The topological polar surface area (TPSA) is 82.3 Å². The Labute approximate surface area is 102 Å². The molecule has 88 valence electrons. The van der Waals surface area contributed by atoms with Crippen molar-refractivity contribution < 1.29 is 9.47 Å². The van der Waals surface area contributed by atoms with Crippen LogP contribution < -0.4 is 16.0 Å². The molecule has 1 aliphatic rings. The Morgan fingerprint density at radius 3 is 2.88 bits per heavy atom. The summed E-state index contributed by atoms with van der Waals surface area (Å²) in [6.07, 6.45) is 3.31. The number of nitrogens with zero attached hydrogens (tertiary/aromatic N) is 2. The van der Waals surface area contributed by atoms with E-state index in [1.165, 1.54) is 6.33 Å². The van der Waals surface area contributed by atoms with Gasteiger partial charge in [0.25, 0.3) is 0 Å². The van der Waals surface area contributed by atoms with Gasteiger partial charge in [0, 0.05) is 12.8 Å². The van der Waals surface area contributed by atoms with Crippen molar-refractivity contribution in [3.05, 3.63) is 10.8 Å². The van der Waals surface area contributed by atoms with Crippen LogP contribution in [-0.4, -0.2) is 29.3 Å². The minimum absolute atomic E-state index is 0.144. The number of nitrogens with two attached hydrogens (primary N) is 1. The highest BCUT2D eigenvalue weighted by Gasteiger charge is 2.18. The first-order valence-electron chi connectivity index (χ1n) is 5.02. The first kappa shape index (κ1) is 11.6. The van der Waals surface area contributed by atoms with Gasteiger partial charge in [-0.1, -0.05) is 0 Å². The van der Waals surface area contributed by atoms with E-state index in [0.717, 1.165) is 26.1 Å². The second-order valence-electron chi connectivity index (χ2n) is 3.42. The molecule has 0 bridgehead atoms. The van der Waals surface area contributed by atoms with Gasteiger partial charge in [-0.15, -0.1) is 0 Å². The third-order valence-electron chi connectivity index (χ3n) is 2.34. The van der Waals surface area contributed by atoms with E-state index in [-0.39, 0.29) is 6.10 Å². The molecule has 0 atom stereocenters. The van der Waals surface area contributed by atoms with Crippen LogP contribution in [0.5, 0.6) is 5.88 Å². The molecule has 3 N–H and O–H groups in total. The molecule has 1 aliphatic heterocycles. The molecule has 0 spiro atoms. The van der Waals surface area contributed by atoms with E-state index in [1.54, 1.807) is 0 Å². The Morgan fingerprint density at radius 2 is 2.19 bits per heavy atom. The molecule has 0 aliphatic carbocycles. The number of nitrogen functional groups attached to an aromatic ring is 1. The van der Waals surface area contributed by atoms with Crippen molar-refractivity contribution in [1.29, 1.82) is 0 Å². The molecule has 7 heteroatoms. The van der Waals surface area contributed by atoms with Crippen LogP contribution in [0.25, 0.3) is 0 Å². The van der Waals surface area contributed by atoms with Gasteiger partial charge in [-0.2, -0.15) is 0 Å². The molecule has 0 amide bonds. The number of hydrogen-bond donors (Lipinski definition) is 2. The molecule has 1 aromatic rings. The minimum Gasteiger partial charge on any atom is -0.473 e. The summed E-state index contributed by atoms with van der Waals surface area (Å²) in [5.74, 6) is 6.33. The number of ether oxygens (including phenoxy) is 2. The summed E-state index contributed by atoms with van der Waals surface area (Å²) < 4.78 is 11.7. The number of halogens is 1. The van der Waals surface area contributed by atoms with Crippen molar-refractivity contribution in [2.75, 3.05) is 18.6 Å².